The van der Waals surface area contributed by atoms with E-state index in [0.29, 0.717) is 32.4 Å². The second-order valence-corrected chi connectivity index (χ2v) is 8.48. The van der Waals surface area contributed by atoms with Crippen LogP contribution in [0.15, 0.2) is 12.2 Å². The molecule has 0 aromatic heterocycles. The third-order valence-electron chi connectivity index (χ3n) is 6.32. The van der Waals surface area contributed by atoms with Crippen molar-refractivity contribution in [3.05, 3.63) is 12.2 Å². The second kappa shape index (κ2) is 9.92. The highest BCUT2D eigenvalue weighted by molar-refractivity contribution is 5.96. The SMILES string of the molecule is CCOC(=O)[C@@]12C[C@H]1/C=C\CCCCC[C@H](N)C(=O)N1C[C@H](OCC)C[C@H]1C(=O)N2. The first-order chi connectivity index (χ1) is 14.4. The number of hydrogen-bond donors (Lipinski definition) is 2. The van der Waals surface area contributed by atoms with Crippen molar-refractivity contribution in [2.75, 3.05) is 19.8 Å². The number of hydrogen-bond acceptors (Lipinski definition) is 6. The minimum absolute atomic E-state index is 0.0823. The number of nitrogens with two attached hydrogens (primary N) is 1. The van der Waals surface area contributed by atoms with Crippen molar-refractivity contribution in [3.8, 4) is 0 Å². The van der Waals surface area contributed by atoms with Gasteiger partial charge < -0.3 is 25.4 Å². The van der Waals surface area contributed by atoms with E-state index in [-0.39, 0.29) is 30.4 Å². The Labute approximate surface area is 178 Å². The van der Waals surface area contributed by atoms with E-state index in [4.69, 9.17) is 15.2 Å². The van der Waals surface area contributed by atoms with E-state index in [1.54, 1.807) is 11.8 Å². The van der Waals surface area contributed by atoms with Gasteiger partial charge >= 0.3 is 5.97 Å². The molecule has 1 saturated carbocycles. The molecular formula is C22H35N3O5. The van der Waals surface area contributed by atoms with Crippen molar-refractivity contribution in [1.29, 1.82) is 0 Å². The number of nitrogens with one attached hydrogen (secondary N) is 1. The first kappa shape index (κ1) is 22.7. The Morgan fingerprint density at radius 2 is 2.07 bits per heavy atom. The van der Waals surface area contributed by atoms with Gasteiger partial charge in [-0.1, -0.05) is 25.0 Å². The standard InChI is InChI=1S/C22H35N3O5/c1-3-29-16-12-18-19(26)24-22(21(28)30-4-2)13-15(22)10-8-6-5-7-9-11-17(23)20(27)25(18)14-16/h8,10,15-18H,3-7,9,11-14,23H2,1-2H3,(H,24,26)/b10-8-/t15-,16-,17+,18+,22-/m1/s1. The normalized spacial score (nSPS) is 36.0. The van der Waals surface area contributed by atoms with Crippen LogP contribution >= 0.6 is 0 Å². The molecule has 2 heterocycles. The van der Waals surface area contributed by atoms with Gasteiger partial charge in [0.05, 0.1) is 18.8 Å². The number of fused-ring (bicyclic) bond motifs is 2. The van der Waals surface area contributed by atoms with E-state index < -0.39 is 23.6 Å². The molecule has 0 bridgehead atoms. The van der Waals surface area contributed by atoms with Gasteiger partial charge in [-0.15, -0.1) is 0 Å². The van der Waals surface area contributed by atoms with Crippen LogP contribution in [0.1, 0.15) is 58.8 Å². The Bertz CT molecular complexity index is 682. The Morgan fingerprint density at radius 1 is 1.27 bits per heavy atom. The smallest absolute Gasteiger partial charge is 0.332 e. The summed E-state index contributed by atoms with van der Waals surface area (Å²) < 4.78 is 11.0. The van der Waals surface area contributed by atoms with Crippen molar-refractivity contribution >= 4 is 17.8 Å². The zero-order chi connectivity index (χ0) is 21.7. The molecule has 3 aliphatic rings. The number of carbonyl (C=O) groups excluding carboxylic acids is 3. The lowest BCUT2D eigenvalue weighted by molar-refractivity contribution is -0.150. The highest BCUT2D eigenvalue weighted by Crippen LogP contribution is 2.46. The van der Waals surface area contributed by atoms with E-state index in [1.807, 2.05) is 13.0 Å². The molecule has 1 aliphatic carbocycles. The number of allylic oxidation sites excluding steroid dienone is 1. The van der Waals surface area contributed by atoms with Crippen LogP contribution in [0.3, 0.4) is 0 Å². The van der Waals surface area contributed by atoms with Crippen molar-refractivity contribution in [2.24, 2.45) is 11.7 Å². The minimum Gasteiger partial charge on any atom is -0.464 e. The summed E-state index contributed by atoms with van der Waals surface area (Å²) in [6.07, 6.45) is 9.16. The molecule has 5 atom stereocenters. The number of esters is 1. The third kappa shape index (κ3) is 4.86. The Kier molecular flexibility index (Phi) is 7.52. The molecule has 3 N–H and O–H groups in total. The number of carbonyl (C=O) groups is 3. The van der Waals surface area contributed by atoms with Crippen LogP contribution in [-0.2, 0) is 23.9 Å². The third-order valence-corrected chi connectivity index (χ3v) is 6.32. The summed E-state index contributed by atoms with van der Waals surface area (Å²) in [6, 6.07) is -1.32. The topological polar surface area (TPSA) is 111 Å². The summed E-state index contributed by atoms with van der Waals surface area (Å²) in [5, 5.41) is 2.94. The summed E-state index contributed by atoms with van der Waals surface area (Å²) >= 11 is 0. The zero-order valence-electron chi connectivity index (χ0n) is 18.1. The predicted octanol–water partition coefficient (Wildman–Crippen LogP) is 1.28. The van der Waals surface area contributed by atoms with Gasteiger partial charge in [0.2, 0.25) is 11.8 Å². The van der Waals surface area contributed by atoms with Crippen molar-refractivity contribution < 1.29 is 23.9 Å². The van der Waals surface area contributed by atoms with Gasteiger partial charge in [0.15, 0.2) is 0 Å². The van der Waals surface area contributed by atoms with Crippen LogP contribution in [0.2, 0.25) is 0 Å². The maximum absolute atomic E-state index is 13.3. The van der Waals surface area contributed by atoms with Gasteiger partial charge in [-0.2, -0.15) is 0 Å². The lowest BCUT2D eigenvalue weighted by Crippen LogP contribution is -2.55. The molecule has 2 fully saturated rings. The highest BCUT2D eigenvalue weighted by Gasteiger charge is 2.62. The van der Waals surface area contributed by atoms with Crippen molar-refractivity contribution in [2.45, 2.75) is 82.5 Å². The van der Waals surface area contributed by atoms with Gasteiger partial charge in [0.25, 0.3) is 0 Å². The summed E-state index contributed by atoms with van der Waals surface area (Å²) in [5.74, 6) is -1.05. The van der Waals surface area contributed by atoms with Gasteiger partial charge in [0.1, 0.15) is 11.6 Å². The van der Waals surface area contributed by atoms with Crippen LogP contribution < -0.4 is 11.1 Å². The van der Waals surface area contributed by atoms with E-state index in [2.05, 4.69) is 11.4 Å². The van der Waals surface area contributed by atoms with Crippen LogP contribution in [0.4, 0.5) is 0 Å². The highest BCUT2D eigenvalue weighted by atomic mass is 16.5. The molecule has 0 aromatic carbocycles. The van der Waals surface area contributed by atoms with Crippen LogP contribution in [0.5, 0.6) is 0 Å². The monoisotopic (exact) mass is 421 g/mol. The molecule has 1 saturated heterocycles. The lowest BCUT2D eigenvalue weighted by Gasteiger charge is -2.28. The van der Waals surface area contributed by atoms with Gasteiger partial charge in [-0.05, 0) is 39.5 Å². The molecule has 8 nitrogen and oxygen atoms in total. The molecular weight excluding hydrogens is 386 g/mol. The molecule has 0 radical (unpaired) electrons. The molecule has 3 rings (SSSR count). The molecule has 0 unspecified atom stereocenters. The summed E-state index contributed by atoms with van der Waals surface area (Å²) in [5.41, 5.74) is 5.14. The average Bonchev–Trinajstić information content (AvgIpc) is 3.24. The molecule has 0 aromatic rings. The van der Waals surface area contributed by atoms with Crippen LogP contribution in [0, 0.1) is 5.92 Å². The predicted molar refractivity (Wildman–Crippen MR) is 111 cm³/mol. The summed E-state index contributed by atoms with van der Waals surface area (Å²) in [7, 11) is 0. The Morgan fingerprint density at radius 3 is 2.80 bits per heavy atom. The van der Waals surface area contributed by atoms with Crippen LogP contribution in [-0.4, -0.2) is 66.2 Å². The van der Waals surface area contributed by atoms with E-state index in [1.165, 1.54) is 0 Å². The number of amides is 2. The van der Waals surface area contributed by atoms with Crippen LogP contribution in [0.25, 0.3) is 0 Å². The fraction of sp³-hybridized carbons (Fsp3) is 0.773. The number of rotatable bonds is 4. The molecule has 168 valence electrons. The van der Waals surface area contributed by atoms with E-state index in [9.17, 15) is 14.4 Å². The summed E-state index contributed by atoms with van der Waals surface area (Å²) in [6.45, 7) is 4.74. The van der Waals surface area contributed by atoms with Gasteiger partial charge in [-0.25, -0.2) is 4.79 Å². The quantitative estimate of drug-likeness (QED) is 0.523. The molecule has 0 spiro atoms. The second-order valence-electron chi connectivity index (χ2n) is 8.48. The van der Waals surface area contributed by atoms with Gasteiger partial charge in [0, 0.05) is 25.5 Å². The van der Waals surface area contributed by atoms with Crippen molar-refractivity contribution in [1.82, 2.24) is 10.2 Å². The first-order valence-electron chi connectivity index (χ1n) is 11.3. The maximum atomic E-state index is 13.3. The molecule has 8 heteroatoms. The zero-order valence-corrected chi connectivity index (χ0v) is 18.1. The Hall–Kier alpha value is -1.93. The molecule has 2 aliphatic heterocycles. The maximum Gasteiger partial charge on any atom is 0.332 e. The Balaban J connectivity index is 1.84. The fourth-order valence-electron chi connectivity index (χ4n) is 4.56. The lowest BCUT2D eigenvalue weighted by atomic mass is 10.1. The number of nitrogens with zero attached hydrogens (tertiary/aromatic N) is 1. The average molecular weight is 422 g/mol. The largest absolute Gasteiger partial charge is 0.464 e. The van der Waals surface area contributed by atoms with E-state index in [0.717, 1.165) is 25.7 Å². The van der Waals surface area contributed by atoms with E-state index >= 15 is 0 Å². The van der Waals surface area contributed by atoms with Crippen molar-refractivity contribution in [3.63, 3.8) is 0 Å². The summed E-state index contributed by atoms with van der Waals surface area (Å²) in [4.78, 5) is 40.5. The molecule has 30 heavy (non-hydrogen) atoms. The first-order valence-corrected chi connectivity index (χ1v) is 11.3. The van der Waals surface area contributed by atoms with Gasteiger partial charge in [-0.3, -0.25) is 9.59 Å². The minimum atomic E-state index is -1.04. The number of ether oxygens (including phenoxy) is 2. The molecule has 2 amide bonds. The fourth-order valence-corrected chi connectivity index (χ4v) is 4.56.